The van der Waals surface area contributed by atoms with Gasteiger partial charge in [-0.3, -0.25) is 4.79 Å². The van der Waals surface area contributed by atoms with Gasteiger partial charge in [0.15, 0.2) is 5.69 Å². The van der Waals surface area contributed by atoms with Gasteiger partial charge in [0.05, 0.1) is 11.1 Å². The number of nitrogens with zero attached hydrogens (tertiary/aromatic N) is 2. The summed E-state index contributed by atoms with van der Waals surface area (Å²) in [6.07, 6.45) is -8.47. The number of benzene rings is 3. The normalized spacial score (nSPS) is 12.0. The molecular weight excluding hydrogens is 479 g/mol. The third-order valence-corrected chi connectivity index (χ3v) is 5.04. The molecule has 1 aromatic heterocycles. The summed E-state index contributed by atoms with van der Waals surface area (Å²) in [5, 5.41) is 5.76. The summed E-state index contributed by atoms with van der Waals surface area (Å²) in [7, 11) is 0. The average Bonchev–Trinajstić information content (AvgIpc) is 3.29. The van der Waals surface area contributed by atoms with Crippen LogP contribution >= 0.6 is 0 Å². The maximum absolute atomic E-state index is 14.8. The highest BCUT2D eigenvalue weighted by Crippen LogP contribution is 2.34. The van der Waals surface area contributed by atoms with Crippen LogP contribution < -0.4 is 5.32 Å². The van der Waals surface area contributed by atoms with Crippen molar-refractivity contribution < 1.29 is 35.5 Å². The lowest BCUT2D eigenvalue weighted by Gasteiger charge is -2.15. The lowest BCUT2D eigenvalue weighted by Crippen LogP contribution is -2.19. The molecule has 0 bridgehead atoms. The van der Waals surface area contributed by atoms with Gasteiger partial charge >= 0.3 is 12.4 Å². The number of rotatable bonds is 4. The summed E-state index contributed by atoms with van der Waals surface area (Å²) in [5.74, 6) is -1.92. The molecule has 0 saturated heterocycles. The maximum Gasteiger partial charge on any atom is 0.435 e. The number of amides is 1. The Morgan fingerprint density at radius 3 is 2.17 bits per heavy atom. The second-order valence-corrected chi connectivity index (χ2v) is 7.35. The second kappa shape index (κ2) is 8.90. The highest BCUT2D eigenvalue weighted by molar-refractivity contribution is 6.07. The molecule has 0 aliphatic carbocycles. The lowest BCUT2D eigenvalue weighted by molar-refractivity contribution is -0.141. The molecule has 1 heterocycles. The molecule has 1 N–H and O–H groups in total. The van der Waals surface area contributed by atoms with Crippen molar-refractivity contribution in [2.45, 2.75) is 12.4 Å². The summed E-state index contributed by atoms with van der Waals surface area (Å²) in [5.41, 5.74) is -2.50. The minimum Gasteiger partial charge on any atom is -0.321 e. The van der Waals surface area contributed by atoms with Crippen LogP contribution in [0.25, 0.3) is 16.8 Å². The van der Waals surface area contributed by atoms with Crippen molar-refractivity contribution >= 4 is 11.6 Å². The number of hydrogen-bond acceptors (Lipinski definition) is 2. The standard InChI is InChI=1S/C24H14F7N3O/c25-18-13-14(9-10-20(18)34-12-11-21(33-34)24(29,30)31)15-5-2-4-8-19(15)32-22(35)16-6-1-3-7-17(16)23(26,27)28/h1-13H,(H,32,35). The van der Waals surface area contributed by atoms with Crippen LogP contribution in [0.2, 0.25) is 0 Å². The molecule has 3 aromatic carbocycles. The molecule has 1 amide bonds. The first kappa shape index (κ1) is 24.0. The van der Waals surface area contributed by atoms with Crippen molar-refractivity contribution in [3.8, 4) is 16.8 Å². The SMILES string of the molecule is O=C(Nc1ccccc1-c1ccc(-n2ccc(C(F)(F)F)n2)c(F)c1)c1ccccc1C(F)(F)F. The average molecular weight is 493 g/mol. The Morgan fingerprint density at radius 2 is 1.51 bits per heavy atom. The van der Waals surface area contributed by atoms with E-state index in [0.717, 1.165) is 35.1 Å². The molecule has 35 heavy (non-hydrogen) atoms. The van der Waals surface area contributed by atoms with Gasteiger partial charge in [-0.1, -0.05) is 36.4 Å². The maximum atomic E-state index is 14.8. The van der Waals surface area contributed by atoms with Gasteiger partial charge in [0.25, 0.3) is 5.91 Å². The number of nitrogens with one attached hydrogen (secondary N) is 1. The van der Waals surface area contributed by atoms with E-state index in [-0.39, 0.29) is 22.5 Å². The van der Waals surface area contributed by atoms with Crippen molar-refractivity contribution in [2.24, 2.45) is 0 Å². The highest BCUT2D eigenvalue weighted by Gasteiger charge is 2.35. The molecule has 0 aliphatic heterocycles. The summed E-state index contributed by atoms with van der Waals surface area (Å²) < 4.78 is 93.8. The Kier molecular flexibility index (Phi) is 6.10. The van der Waals surface area contributed by atoms with Crippen molar-refractivity contribution in [3.05, 3.63) is 102 Å². The number of carbonyl (C=O) groups excluding carboxylic acids is 1. The number of alkyl halides is 6. The molecule has 0 spiro atoms. The predicted molar refractivity (Wildman–Crippen MR) is 113 cm³/mol. The third-order valence-electron chi connectivity index (χ3n) is 5.04. The Hall–Kier alpha value is -4.15. The van der Waals surface area contributed by atoms with Crippen molar-refractivity contribution in [3.63, 3.8) is 0 Å². The number of carbonyl (C=O) groups is 1. The molecule has 4 nitrogen and oxygen atoms in total. The molecule has 0 aliphatic rings. The molecule has 4 rings (SSSR count). The van der Waals surface area contributed by atoms with Crippen LogP contribution in [-0.4, -0.2) is 15.7 Å². The van der Waals surface area contributed by atoms with Gasteiger partial charge in [-0.25, -0.2) is 9.07 Å². The van der Waals surface area contributed by atoms with Crippen LogP contribution in [0.5, 0.6) is 0 Å². The Bertz CT molecular complexity index is 1390. The summed E-state index contributed by atoms with van der Waals surface area (Å²) in [6.45, 7) is 0. The monoisotopic (exact) mass is 493 g/mol. The van der Waals surface area contributed by atoms with E-state index in [1.54, 1.807) is 6.07 Å². The van der Waals surface area contributed by atoms with Crippen molar-refractivity contribution in [1.82, 2.24) is 9.78 Å². The zero-order chi connectivity index (χ0) is 25.4. The number of para-hydroxylation sites is 1. The van der Waals surface area contributed by atoms with Crippen molar-refractivity contribution in [2.75, 3.05) is 5.32 Å². The van der Waals surface area contributed by atoms with Gasteiger partial charge in [-0.2, -0.15) is 31.4 Å². The van der Waals surface area contributed by atoms with Crippen molar-refractivity contribution in [1.29, 1.82) is 0 Å². The first-order valence-corrected chi connectivity index (χ1v) is 9.95. The summed E-state index contributed by atoms with van der Waals surface area (Å²) >= 11 is 0. The molecule has 0 radical (unpaired) electrons. The molecule has 0 unspecified atom stereocenters. The summed E-state index contributed by atoms with van der Waals surface area (Å²) in [4.78, 5) is 12.7. The smallest absolute Gasteiger partial charge is 0.321 e. The quantitative estimate of drug-likeness (QED) is 0.312. The fraction of sp³-hybridized carbons (Fsp3) is 0.0833. The molecule has 180 valence electrons. The fourth-order valence-electron chi connectivity index (χ4n) is 3.43. The number of anilines is 1. The van der Waals surface area contributed by atoms with Gasteiger partial charge in [-0.05, 0) is 42.0 Å². The Morgan fingerprint density at radius 1 is 0.829 bits per heavy atom. The minimum absolute atomic E-state index is 0.111. The van der Waals surface area contributed by atoms with Crippen LogP contribution in [0.3, 0.4) is 0 Å². The highest BCUT2D eigenvalue weighted by atomic mass is 19.4. The molecule has 11 heteroatoms. The van der Waals surface area contributed by atoms with Gasteiger partial charge in [0, 0.05) is 17.4 Å². The zero-order valence-corrected chi connectivity index (χ0v) is 17.5. The zero-order valence-electron chi connectivity index (χ0n) is 17.5. The molecule has 0 atom stereocenters. The topological polar surface area (TPSA) is 46.9 Å². The second-order valence-electron chi connectivity index (χ2n) is 7.35. The van der Waals surface area contributed by atoms with E-state index in [2.05, 4.69) is 10.4 Å². The van der Waals surface area contributed by atoms with E-state index < -0.39 is 40.9 Å². The number of halogens is 7. The first-order chi connectivity index (χ1) is 16.4. The first-order valence-electron chi connectivity index (χ1n) is 9.95. The van der Waals surface area contributed by atoms with Crippen LogP contribution in [0.1, 0.15) is 21.6 Å². The van der Waals surface area contributed by atoms with E-state index in [0.29, 0.717) is 6.07 Å². The largest absolute Gasteiger partial charge is 0.435 e. The van der Waals surface area contributed by atoms with E-state index in [1.807, 2.05) is 0 Å². The van der Waals surface area contributed by atoms with Gasteiger partial charge < -0.3 is 5.32 Å². The minimum atomic E-state index is -4.75. The third kappa shape index (κ3) is 5.03. The van der Waals surface area contributed by atoms with E-state index in [9.17, 15) is 35.5 Å². The van der Waals surface area contributed by atoms with Gasteiger partial charge in [0.1, 0.15) is 11.5 Å². The van der Waals surface area contributed by atoms with Crippen LogP contribution in [-0.2, 0) is 12.4 Å². The molecule has 0 saturated carbocycles. The van der Waals surface area contributed by atoms with Gasteiger partial charge in [0.2, 0.25) is 0 Å². The molecule has 4 aromatic rings. The lowest BCUT2D eigenvalue weighted by atomic mass is 10.0. The van der Waals surface area contributed by atoms with E-state index >= 15 is 0 Å². The molecular formula is C24H14F7N3O. The molecule has 0 fully saturated rings. The van der Waals surface area contributed by atoms with E-state index in [4.69, 9.17) is 0 Å². The Labute approximate surface area is 193 Å². The van der Waals surface area contributed by atoms with Crippen LogP contribution in [0.15, 0.2) is 79.0 Å². The van der Waals surface area contributed by atoms with Crippen LogP contribution in [0.4, 0.5) is 36.4 Å². The predicted octanol–water partition coefficient (Wildman–Crippen LogP) is 6.97. The Balaban J connectivity index is 1.66. The number of hydrogen-bond donors (Lipinski definition) is 1. The van der Waals surface area contributed by atoms with E-state index in [1.165, 1.54) is 36.4 Å². The summed E-state index contributed by atoms with van der Waals surface area (Å²) in [6, 6.07) is 14.6. The van der Waals surface area contributed by atoms with Crippen LogP contribution in [0, 0.1) is 5.82 Å². The fourth-order valence-corrected chi connectivity index (χ4v) is 3.43. The van der Waals surface area contributed by atoms with Gasteiger partial charge in [-0.15, -0.1) is 0 Å². The number of aromatic nitrogens is 2.